The molecule has 6 heteroatoms. The Labute approximate surface area is 172 Å². The maximum absolute atomic E-state index is 12.2. The van der Waals surface area contributed by atoms with Crippen molar-refractivity contribution in [1.29, 1.82) is 0 Å². The second-order valence-corrected chi connectivity index (χ2v) is 7.34. The van der Waals surface area contributed by atoms with Gasteiger partial charge >= 0.3 is 0 Å². The first kappa shape index (κ1) is 20.7. The van der Waals surface area contributed by atoms with Crippen molar-refractivity contribution in [3.63, 3.8) is 0 Å². The van der Waals surface area contributed by atoms with Crippen molar-refractivity contribution in [1.82, 2.24) is 10.3 Å². The minimum Gasteiger partial charge on any atom is -0.493 e. The highest BCUT2D eigenvalue weighted by atomic mass is 16.5. The van der Waals surface area contributed by atoms with Crippen LogP contribution >= 0.6 is 0 Å². The van der Waals surface area contributed by atoms with Crippen molar-refractivity contribution < 1.29 is 14.3 Å². The topological polar surface area (TPSA) is 63.7 Å². The smallest absolute Gasteiger partial charge is 0.244 e. The molecule has 1 aliphatic heterocycles. The summed E-state index contributed by atoms with van der Waals surface area (Å²) in [5, 5.41) is 2.93. The number of pyridine rings is 1. The van der Waals surface area contributed by atoms with Crippen LogP contribution in [0.5, 0.6) is 11.5 Å². The van der Waals surface area contributed by atoms with E-state index in [1.54, 1.807) is 19.4 Å². The van der Waals surface area contributed by atoms with E-state index < -0.39 is 0 Å². The summed E-state index contributed by atoms with van der Waals surface area (Å²) in [6, 6.07) is 9.59. The summed E-state index contributed by atoms with van der Waals surface area (Å²) in [6.07, 6.45) is 7.58. The van der Waals surface area contributed by atoms with E-state index in [-0.39, 0.29) is 12.0 Å². The number of nitrogens with one attached hydrogen (secondary N) is 1. The van der Waals surface area contributed by atoms with Crippen molar-refractivity contribution in [2.24, 2.45) is 0 Å². The summed E-state index contributed by atoms with van der Waals surface area (Å²) in [5.41, 5.74) is 1.91. The van der Waals surface area contributed by atoms with Gasteiger partial charge in [0.2, 0.25) is 5.91 Å². The molecule has 0 unspecified atom stereocenters. The zero-order valence-corrected chi connectivity index (χ0v) is 17.4. The van der Waals surface area contributed by atoms with Gasteiger partial charge in [0, 0.05) is 31.9 Å². The van der Waals surface area contributed by atoms with Gasteiger partial charge in [-0.1, -0.05) is 6.07 Å². The van der Waals surface area contributed by atoms with Gasteiger partial charge in [0.1, 0.15) is 5.82 Å². The first-order chi connectivity index (χ1) is 14.0. The zero-order valence-electron chi connectivity index (χ0n) is 17.4. The van der Waals surface area contributed by atoms with Crippen molar-refractivity contribution in [2.45, 2.75) is 39.3 Å². The lowest BCUT2D eigenvalue weighted by molar-refractivity contribution is -0.116. The number of rotatable bonds is 8. The van der Waals surface area contributed by atoms with Gasteiger partial charge in [-0.3, -0.25) is 4.79 Å². The van der Waals surface area contributed by atoms with Gasteiger partial charge in [0.15, 0.2) is 11.5 Å². The largest absolute Gasteiger partial charge is 0.493 e. The van der Waals surface area contributed by atoms with E-state index in [2.05, 4.69) is 15.2 Å². The molecule has 1 saturated heterocycles. The number of hydrogen-bond donors (Lipinski definition) is 1. The van der Waals surface area contributed by atoms with E-state index >= 15 is 0 Å². The van der Waals surface area contributed by atoms with Crippen LogP contribution < -0.4 is 19.7 Å². The Bertz CT molecular complexity index is 858. The van der Waals surface area contributed by atoms with Crippen molar-refractivity contribution >= 4 is 17.8 Å². The molecule has 29 heavy (non-hydrogen) atoms. The van der Waals surface area contributed by atoms with E-state index in [0.29, 0.717) is 18.0 Å². The normalized spacial score (nSPS) is 13.9. The number of carbonyl (C=O) groups is 1. The van der Waals surface area contributed by atoms with E-state index in [4.69, 9.17) is 9.47 Å². The van der Waals surface area contributed by atoms with Crippen LogP contribution in [-0.4, -0.2) is 37.2 Å². The van der Waals surface area contributed by atoms with E-state index in [1.165, 1.54) is 18.9 Å². The molecule has 154 valence electrons. The van der Waals surface area contributed by atoms with Crippen LogP contribution in [0.15, 0.2) is 42.6 Å². The molecule has 2 aromatic rings. The van der Waals surface area contributed by atoms with Crippen LogP contribution in [0.25, 0.3) is 6.08 Å². The maximum Gasteiger partial charge on any atom is 0.244 e. The highest BCUT2D eigenvalue weighted by molar-refractivity contribution is 5.91. The van der Waals surface area contributed by atoms with Crippen LogP contribution in [0.4, 0.5) is 5.82 Å². The number of carbonyl (C=O) groups excluding carboxylic acids is 1. The van der Waals surface area contributed by atoms with Gasteiger partial charge in [-0.15, -0.1) is 0 Å². The van der Waals surface area contributed by atoms with E-state index in [0.717, 1.165) is 30.0 Å². The summed E-state index contributed by atoms with van der Waals surface area (Å²) in [5.74, 6) is 2.18. The average molecular weight is 396 g/mol. The van der Waals surface area contributed by atoms with Crippen LogP contribution in [-0.2, 0) is 11.3 Å². The van der Waals surface area contributed by atoms with Crippen LogP contribution in [0, 0.1) is 0 Å². The van der Waals surface area contributed by atoms with Gasteiger partial charge in [0.05, 0.1) is 13.2 Å². The monoisotopic (exact) mass is 395 g/mol. The van der Waals surface area contributed by atoms with Crippen LogP contribution in [0.3, 0.4) is 0 Å². The van der Waals surface area contributed by atoms with Gasteiger partial charge < -0.3 is 19.7 Å². The predicted molar refractivity (Wildman–Crippen MR) is 115 cm³/mol. The Kier molecular flexibility index (Phi) is 7.11. The molecule has 1 aromatic carbocycles. The van der Waals surface area contributed by atoms with E-state index in [1.807, 2.05) is 44.2 Å². The fraction of sp³-hybridized carbons (Fsp3) is 0.391. The molecule has 1 N–H and O–H groups in total. The van der Waals surface area contributed by atoms with Gasteiger partial charge in [-0.05, 0) is 68.2 Å². The Hall–Kier alpha value is -3.02. The SMILES string of the molecule is COc1cc(/C=C/C(=O)NCc2ccnc(N3CCCC3)c2)ccc1OC(C)C. The third kappa shape index (κ3) is 5.98. The minimum absolute atomic E-state index is 0.0650. The molecule has 0 spiro atoms. The molecule has 0 aliphatic carbocycles. The fourth-order valence-corrected chi connectivity index (χ4v) is 3.25. The number of ether oxygens (including phenoxy) is 2. The maximum atomic E-state index is 12.2. The first-order valence-electron chi connectivity index (χ1n) is 10.1. The summed E-state index contributed by atoms with van der Waals surface area (Å²) >= 11 is 0. The number of hydrogen-bond acceptors (Lipinski definition) is 5. The highest BCUT2D eigenvalue weighted by Gasteiger charge is 2.13. The summed E-state index contributed by atoms with van der Waals surface area (Å²) < 4.78 is 11.1. The molecule has 1 amide bonds. The lowest BCUT2D eigenvalue weighted by atomic mass is 10.2. The third-order valence-electron chi connectivity index (χ3n) is 4.68. The summed E-state index contributed by atoms with van der Waals surface area (Å²) in [7, 11) is 1.61. The molecule has 2 heterocycles. The van der Waals surface area contributed by atoms with Gasteiger partial charge in [-0.25, -0.2) is 4.98 Å². The third-order valence-corrected chi connectivity index (χ3v) is 4.68. The van der Waals surface area contributed by atoms with Crippen molar-refractivity contribution in [3.8, 4) is 11.5 Å². The minimum atomic E-state index is -0.147. The molecular weight excluding hydrogens is 366 g/mol. The summed E-state index contributed by atoms with van der Waals surface area (Å²) in [6.45, 7) is 6.51. The van der Waals surface area contributed by atoms with Crippen molar-refractivity contribution in [3.05, 3.63) is 53.7 Å². The molecule has 0 radical (unpaired) electrons. The van der Waals surface area contributed by atoms with Crippen molar-refractivity contribution in [2.75, 3.05) is 25.1 Å². The van der Waals surface area contributed by atoms with Crippen LogP contribution in [0.1, 0.15) is 37.8 Å². The molecule has 0 bridgehead atoms. The second kappa shape index (κ2) is 9.96. The Morgan fingerprint density at radius 2 is 2.00 bits per heavy atom. The first-order valence-corrected chi connectivity index (χ1v) is 10.1. The number of benzene rings is 1. The number of aromatic nitrogens is 1. The Morgan fingerprint density at radius 1 is 1.21 bits per heavy atom. The quantitative estimate of drug-likeness (QED) is 0.689. The molecule has 3 rings (SSSR count). The average Bonchev–Trinajstić information content (AvgIpc) is 3.26. The molecule has 1 fully saturated rings. The van der Waals surface area contributed by atoms with E-state index in [9.17, 15) is 4.79 Å². The molecule has 1 aromatic heterocycles. The molecule has 0 saturated carbocycles. The number of amides is 1. The number of methoxy groups -OCH3 is 1. The second-order valence-electron chi connectivity index (χ2n) is 7.34. The van der Waals surface area contributed by atoms with Gasteiger partial charge in [-0.2, -0.15) is 0 Å². The highest BCUT2D eigenvalue weighted by Crippen LogP contribution is 2.29. The Balaban J connectivity index is 1.56. The van der Waals surface area contributed by atoms with Gasteiger partial charge in [0.25, 0.3) is 0 Å². The molecule has 0 atom stereocenters. The standard InChI is InChI=1S/C23H29N3O3/c1-17(2)29-20-8-6-18(14-21(20)28-3)7-9-23(27)25-16-19-10-11-24-22(15-19)26-12-4-5-13-26/h6-11,14-15,17H,4-5,12-13,16H2,1-3H3,(H,25,27)/b9-7+. The lowest BCUT2D eigenvalue weighted by Gasteiger charge is -2.16. The molecule has 6 nitrogen and oxygen atoms in total. The summed E-state index contributed by atoms with van der Waals surface area (Å²) in [4.78, 5) is 18.9. The zero-order chi connectivity index (χ0) is 20.6. The predicted octanol–water partition coefficient (Wildman–Crippen LogP) is 3.81. The molecular formula is C23H29N3O3. The number of anilines is 1. The lowest BCUT2D eigenvalue weighted by Crippen LogP contribution is -2.22. The number of nitrogens with zero attached hydrogens (tertiary/aromatic N) is 2. The molecule has 1 aliphatic rings. The fourth-order valence-electron chi connectivity index (χ4n) is 3.25. The van der Waals surface area contributed by atoms with Crippen LogP contribution in [0.2, 0.25) is 0 Å². The Morgan fingerprint density at radius 3 is 2.72 bits per heavy atom.